The molecule has 1 aromatic carbocycles. The van der Waals surface area contributed by atoms with E-state index in [4.69, 9.17) is 4.74 Å². The number of hydrogen-bond acceptors (Lipinski definition) is 2. The summed E-state index contributed by atoms with van der Waals surface area (Å²) >= 11 is 1.91. The van der Waals surface area contributed by atoms with Gasteiger partial charge in [0.2, 0.25) is 0 Å². The molecule has 0 bridgehead atoms. The third-order valence-electron chi connectivity index (χ3n) is 3.47. The minimum absolute atomic E-state index is 0.738. The van der Waals surface area contributed by atoms with E-state index in [1.807, 2.05) is 11.8 Å². The summed E-state index contributed by atoms with van der Waals surface area (Å²) in [5.41, 5.74) is 2.76. The summed E-state index contributed by atoms with van der Waals surface area (Å²) in [7, 11) is 0. The molecule has 0 N–H and O–H groups in total. The number of rotatable bonds is 8. The standard InChI is InChI=1S/C19H24OS/c1-21-16-6-9-18-10-12-19(13-11-18)20-15-14-17-7-4-2-3-5-8-17/h2-4,7-8,10-13H,5-6,9,14-16H2,1H3. The molecule has 1 nitrogen and oxygen atoms in total. The van der Waals surface area contributed by atoms with E-state index in [0.717, 1.165) is 31.6 Å². The van der Waals surface area contributed by atoms with Gasteiger partial charge in [-0.1, -0.05) is 42.5 Å². The number of aryl methyl sites for hydroxylation is 1. The summed E-state index contributed by atoms with van der Waals surface area (Å²) in [4.78, 5) is 0. The summed E-state index contributed by atoms with van der Waals surface area (Å²) < 4.78 is 5.83. The lowest BCUT2D eigenvalue weighted by atomic mass is 10.1. The molecule has 0 heterocycles. The zero-order valence-electron chi connectivity index (χ0n) is 12.8. The van der Waals surface area contributed by atoms with Gasteiger partial charge >= 0.3 is 0 Å². The highest BCUT2D eigenvalue weighted by molar-refractivity contribution is 7.98. The second-order valence-electron chi connectivity index (χ2n) is 5.14. The average molecular weight is 300 g/mol. The zero-order chi connectivity index (χ0) is 14.8. The highest BCUT2D eigenvalue weighted by atomic mass is 32.2. The highest BCUT2D eigenvalue weighted by Crippen LogP contribution is 2.16. The van der Waals surface area contributed by atoms with Crippen molar-refractivity contribution in [1.29, 1.82) is 0 Å². The maximum Gasteiger partial charge on any atom is 0.119 e. The molecule has 0 aliphatic heterocycles. The first-order valence-corrected chi connectivity index (χ1v) is 9.01. The molecule has 1 aliphatic rings. The first kappa shape index (κ1) is 16.0. The Morgan fingerprint density at radius 2 is 1.95 bits per heavy atom. The van der Waals surface area contributed by atoms with E-state index in [1.165, 1.54) is 23.3 Å². The Hall–Kier alpha value is -1.41. The molecule has 0 saturated carbocycles. The van der Waals surface area contributed by atoms with E-state index >= 15 is 0 Å². The summed E-state index contributed by atoms with van der Waals surface area (Å²) in [5, 5.41) is 0. The predicted octanol–water partition coefficient (Wildman–Crippen LogP) is 5.19. The second kappa shape index (κ2) is 9.51. The average Bonchev–Trinajstić information content (AvgIpc) is 2.78. The predicted molar refractivity (Wildman–Crippen MR) is 94.2 cm³/mol. The van der Waals surface area contributed by atoms with Crippen LogP contribution in [0.3, 0.4) is 0 Å². The monoisotopic (exact) mass is 300 g/mol. The van der Waals surface area contributed by atoms with Gasteiger partial charge in [-0.15, -0.1) is 0 Å². The van der Waals surface area contributed by atoms with Gasteiger partial charge in [-0.25, -0.2) is 0 Å². The van der Waals surface area contributed by atoms with Crippen molar-refractivity contribution < 1.29 is 4.74 Å². The number of hydrogen-bond donors (Lipinski definition) is 0. The molecule has 2 heteroatoms. The molecular formula is C19H24OS. The summed E-state index contributed by atoms with van der Waals surface area (Å²) in [5.74, 6) is 2.20. The molecule has 0 radical (unpaired) electrons. The van der Waals surface area contributed by atoms with Crippen molar-refractivity contribution in [2.75, 3.05) is 18.6 Å². The van der Waals surface area contributed by atoms with Crippen LogP contribution in [0.15, 0.2) is 60.2 Å². The first-order valence-electron chi connectivity index (χ1n) is 7.61. The van der Waals surface area contributed by atoms with Crippen LogP contribution in [0.25, 0.3) is 0 Å². The van der Waals surface area contributed by atoms with E-state index in [9.17, 15) is 0 Å². The fourth-order valence-corrected chi connectivity index (χ4v) is 2.70. The van der Waals surface area contributed by atoms with Gasteiger partial charge in [0.25, 0.3) is 0 Å². The van der Waals surface area contributed by atoms with Crippen molar-refractivity contribution in [3.63, 3.8) is 0 Å². The molecule has 0 spiro atoms. The zero-order valence-corrected chi connectivity index (χ0v) is 13.6. The van der Waals surface area contributed by atoms with Crippen molar-refractivity contribution in [3.8, 4) is 5.75 Å². The Morgan fingerprint density at radius 1 is 1.10 bits per heavy atom. The number of benzene rings is 1. The van der Waals surface area contributed by atoms with Crippen LogP contribution in [0.2, 0.25) is 0 Å². The Bertz CT molecular complexity index is 497. The van der Waals surface area contributed by atoms with Gasteiger partial charge in [-0.05, 0) is 54.5 Å². The minimum Gasteiger partial charge on any atom is -0.493 e. The molecule has 0 atom stereocenters. The lowest BCUT2D eigenvalue weighted by Crippen LogP contribution is -1.98. The number of ether oxygens (including phenoxy) is 1. The van der Waals surface area contributed by atoms with E-state index < -0.39 is 0 Å². The molecule has 0 fully saturated rings. The van der Waals surface area contributed by atoms with E-state index in [-0.39, 0.29) is 0 Å². The second-order valence-corrected chi connectivity index (χ2v) is 6.13. The van der Waals surface area contributed by atoms with Crippen LogP contribution < -0.4 is 4.74 Å². The van der Waals surface area contributed by atoms with Crippen LogP contribution in [0.4, 0.5) is 0 Å². The van der Waals surface area contributed by atoms with Crippen LogP contribution in [-0.2, 0) is 6.42 Å². The van der Waals surface area contributed by atoms with Crippen LogP contribution in [-0.4, -0.2) is 18.6 Å². The van der Waals surface area contributed by atoms with Gasteiger partial charge in [0.05, 0.1) is 6.61 Å². The maximum atomic E-state index is 5.83. The maximum absolute atomic E-state index is 5.83. The minimum atomic E-state index is 0.738. The summed E-state index contributed by atoms with van der Waals surface area (Å²) in [6.07, 6.45) is 17.3. The third kappa shape index (κ3) is 6.26. The van der Waals surface area contributed by atoms with E-state index in [1.54, 1.807) is 0 Å². The van der Waals surface area contributed by atoms with Crippen molar-refractivity contribution in [2.24, 2.45) is 0 Å². The van der Waals surface area contributed by atoms with Gasteiger partial charge in [0, 0.05) is 6.42 Å². The molecule has 0 saturated heterocycles. The van der Waals surface area contributed by atoms with Gasteiger partial charge in [0.15, 0.2) is 0 Å². The molecule has 0 unspecified atom stereocenters. The van der Waals surface area contributed by atoms with Gasteiger partial charge in [-0.3, -0.25) is 0 Å². The molecule has 112 valence electrons. The molecule has 1 aromatic rings. The Labute approximate surface area is 132 Å². The fraction of sp³-hybridized carbons (Fsp3) is 0.368. The smallest absolute Gasteiger partial charge is 0.119 e. The summed E-state index contributed by atoms with van der Waals surface area (Å²) in [6, 6.07) is 8.55. The van der Waals surface area contributed by atoms with Crippen molar-refractivity contribution >= 4 is 11.8 Å². The molecular weight excluding hydrogens is 276 g/mol. The normalized spacial score (nSPS) is 13.9. The Balaban J connectivity index is 1.72. The summed E-state index contributed by atoms with van der Waals surface area (Å²) in [6.45, 7) is 0.738. The quantitative estimate of drug-likeness (QED) is 0.611. The molecule has 0 amide bonds. The van der Waals surface area contributed by atoms with Gasteiger partial charge < -0.3 is 4.74 Å². The molecule has 1 aliphatic carbocycles. The third-order valence-corrected chi connectivity index (χ3v) is 4.17. The fourth-order valence-electron chi connectivity index (χ4n) is 2.27. The first-order chi connectivity index (χ1) is 10.4. The van der Waals surface area contributed by atoms with Gasteiger partial charge in [-0.2, -0.15) is 11.8 Å². The van der Waals surface area contributed by atoms with E-state index in [2.05, 4.69) is 60.9 Å². The Morgan fingerprint density at radius 3 is 2.76 bits per heavy atom. The van der Waals surface area contributed by atoms with E-state index in [0.29, 0.717) is 0 Å². The number of allylic oxidation sites excluding steroid dienone is 5. The van der Waals surface area contributed by atoms with Crippen LogP contribution in [0.1, 0.15) is 24.8 Å². The van der Waals surface area contributed by atoms with Crippen LogP contribution in [0.5, 0.6) is 5.75 Å². The van der Waals surface area contributed by atoms with Crippen LogP contribution in [0, 0.1) is 0 Å². The lowest BCUT2D eigenvalue weighted by molar-refractivity contribution is 0.322. The largest absolute Gasteiger partial charge is 0.493 e. The van der Waals surface area contributed by atoms with Crippen molar-refractivity contribution in [2.45, 2.75) is 25.7 Å². The lowest BCUT2D eigenvalue weighted by Gasteiger charge is -2.08. The molecule has 0 aromatic heterocycles. The van der Waals surface area contributed by atoms with Crippen molar-refractivity contribution in [3.05, 3.63) is 65.8 Å². The van der Waals surface area contributed by atoms with Crippen LogP contribution >= 0.6 is 11.8 Å². The Kier molecular flexibility index (Phi) is 7.23. The SMILES string of the molecule is CSCCCc1ccc(OCCC2=CCC=CC=C2)cc1. The molecule has 21 heavy (non-hydrogen) atoms. The number of thioether (sulfide) groups is 1. The highest BCUT2D eigenvalue weighted by Gasteiger charge is 1.98. The molecule has 2 rings (SSSR count). The van der Waals surface area contributed by atoms with Crippen molar-refractivity contribution in [1.82, 2.24) is 0 Å². The topological polar surface area (TPSA) is 9.23 Å². The van der Waals surface area contributed by atoms with Gasteiger partial charge in [0.1, 0.15) is 5.75 Å².